The number of aryl methyl sites for hydroxylation is 1. The van der Waals surface area contributed by atoms with Gasteiger partial charge < -0.3 is 5.32 Å². The summed E-state index contributed by atoms with van der Waals surface area (Å²) in [6, 6.07) is 2.14. The monoisotopic (exact) mass is 347 g/mol. The fourth-order valence-corrected chi connectivity index (χ4v) is 3.81. The molecule has 18 heavy (non-hydrogen) atoms. The lowest BCUT2D eigenvalue weighted by molar-refractivity contribution is 0.558. The van der Waals surface area contributed by atoms with Crippen LogP contribution in [0.1, 0.15) is 30.0 Å². The van der Waals surface area contributed by atoms with Crippen LogP contribution in [-0.4, -0.2) is 16.3 Å². The summed E-state index contributed by atoms with van der Waals surface area (Å²) < 4.78 is 2.94. The fourth-order valence-electron chi connectivity index (χ4n) is 1.86. The smallest absolute Gasteiger partial charge is 0.0868 e. The number of aromatic nitrogens is 2. The summed E-state index contributed by atoms with van der Waals surface area (Å²) in [7, 11) is 1.92. The third-order valence-corrected chi connectivity index (χ3v) is 4.94. The highest BCUT2D eigenvalue weighted by Gasteiger charge is 2.23. The van der Waals surface area contributed by atoms with Gasteiger partial charge in [-0.1, -0.05) is 18.5 Å². The molecule has 2 aromatic rings. The number of nitrogens with one attached hydrogen (secondary N) is 1. The highest BCUT2D eigenvalue weighted by Crippen LogP contribution is 2.35. The van der Waals surface area contributed by atoms with Crippen LogP contribution in [0.15, 0.2) is 22.1 Å². The fraction of sp³-hybridized carbons (Fsp3) is 0.417. The van der Waals surface area contributed by atoms with Gasteiger partial charge in [0.05, 0.1) is 23.0 Å². The predicted octanol–water partition coefficient (Wildman–Crippen LogP) is 3.99. The van der Waals surface area contributed by atoms with Gasteiger partial charge in [-0.25, -0.2) is 0 Å². The highest BCUT2D eigenvalue weighted by molar-refractivity contribution is 9.10. The quantitative estimate of drug-likeness (QED) is 0.885. The summed E-state index contributed by atoms with van der Waals surface area (Å²) in [5.41, 5.74) is 1.01. The van der Waals surface area contributed by atoms with E-state index >= 15 is 0 Å². The van der Waals surface area contributed by atoms with Crippen LogP contribution in [0.4, 0.5) is 0 Å². The molecule has 0 saturated heterocycles. The topological polar surface area (TPSA) is 29.9 Å². The van der Waals surface area contributed by atoms with Gasteiger partial charge in [0.25, 0.3) is 0 Å². The molecule has 3 nitrogen and oxygen atoms in total. The molecule has 0 aliphatic carbocycles. The normalized spacial score (nSPS) is 12.9. The maximum Gasteiger partial charge on any atom is 0.0868 e. The van der Waals surface area contributed by atoms with Crippen molar-refractivity contribution >= 4 is 38.9 Å². The maximum absolute atomic E-state index is 6.25. The Balaban J connectivity index is 2.40. The Labute approximate surface area is 124 Å². The van der Waals surface area contributed by atoms with Crippen molar-refractivity contribution in [3.8, 4) is 0 Å². The number of thiophene rings is 1. The number of nitrogens with zero attached hydrogens (tertiary/aromatic N) is 2. The van der Waals surface area contributed by atoms with Crippen molar-refractivity contribution in [1.29, 1.82) is 0 Å². The van der Waals surface area contributed by atoms with Crippen LogP contribution in [0.2, 0.25) is 5.02 Å². The maximum atomic E-state index is 6.25. The van der Waals surface area contributed by atoms with Gasteiger partial charge in [-0.05, 0) is 40.3 Å². The van der Waals surface area contributed by atoms with Gasteiger partial charge in [0, 0.05) is 16.4 Å². The molecule has 0 radical (unpaired) electrons. The molecule has 0 amide bonds. The number of hydrogen-bond donors (Lipinski definition) is 1. The van der Waals surface area contributed by atoms with Crippen molar-refractivity contribution in [2.24, 2.45) is 7.05 Å². The molecule has 1 atom stereocenters. The molecule has 0 aliphatic rings. The van der Waals surface area contributed by atoms with E-state index in [1.165, 1.54) is 4.88 Å². The predicted molar refractivity (Wildman–Crippen MR) is 80.4 cm³/mol. The van der Waals surface area contributed by atoms with E-state index in [0.29, 0.717) is 5.02 Å². The van der Waals surface area contributed by atoms with Crippen LogP contribution in [0, 0.1) is 0 Å². The van der Waals surface area contributed by atoms with E-state index in [0.717, 1.165) is 23.1 Å². The Bertz CT molecular complexity index is 504. The number of rotatable bonds is 5. The van der Waals surface area contributed by atoms with E-state index in [4.69, 9.17) is 11.6 Å². The first kappa shape index (κ1) is 14.1. The molecule has 1 N–H and O–H groups in total. The molecular formula is C12H15BrClN3S. The molecule has 0 fully saturated rings. The molecule has 0 aromatic carbocycles. The van der Waals surface area contributed by atoms with Crippen molar-refractivity contribution in [3.63, 3.8) is 0 Å². The lowest BCUT2D eigenvalue weighted by atomic mass is 10.1. The molecule has 2 rings (SSSR count). The Kier molecular flexibility index (Phi) is 4.84. The highest BCUT2D eigenvalue weighted by atomic mass is 79.9. The third kappa shape index (κ3) is 2.79. The Morgan fingerprint density at radius 3 is 2.89 bits per heavy atom. The largest absolute Gasteiger partial charge is 0.304 e. The van der Waals surface area contributed by atoms with Gasteiger partial charge in [0.2, 0.25) is 0 Å². The van der Waals surface area contributed by atoms with Crippen LogP contribution in [-0.2, 0) is 7.05 Å². The van der Waals surface area contributed by atoms with Crippen molar-refractivity contribution in [3.05, 3.63) is 37.7 Å². The zero-order valence-corrected chi connectivity index (χ0v) is 13.4. The summed E-state index contributed by atoms with van der Waals surface area (Å²) in [6.45, 7) is 3.09. The first-order valence-corrected chi connectivity index (χ1v) is 7.83. The standard InChI is InChI=1S/C12H15BrClN3S/c1-3-5-15-10(12-8(13)4-6-18-12)11-9(14)7-16-17(11)2/h4,6-7,10,15H,3,5H2,1-2H3. The first-order valence-electron chi connectivity index (χ1n) is 5.78. The summed E-state index contributed by atoms with van der Waals surface area (Å²) in [4.78, 5) is 1.23. The second kappa shape index (κ2) is 6.19. The molecule has 0 spiro atoms. The summed E-state index contributed by atoms with van der Waals surface area (Å²) in [5.74, 6) is 0. The van der Waals surface area contributed by atoms with E-state index in [1.807, 2.05) is 11.7 Å². The molecule has 2 heterocycles. The second-order valence-electron chi connectivity index (χ2n) is 4.02. The van der Waals surface area contributed by atoms with E-state index in [2.05, 4.69) is 44.7 Å². The van der Waals surface area contributed by atoms with Gasteiger partial charge in [0.1, 0.15) is 0 Å². The van der Waals surface area contributed by atoms with Crippen molar-refractivity contribution in [2.75, 3.05) is 6.54 Å². The van der Waals surface area contributed by atoms with Crippen LogP contribution in [0.5, 0.6) is 0 Å². The Morgan fingerprint density at radius 2 is 2.39 bits per heavy atom. The first-order chi connectivity index (χ1) is 8.65. The molecule has 6 heteroatoms. The zero-order chi connectivity index (χ0) is 13.1. The molecule has 98 valence electrons. The minimum absolute atomic E-state index is 0.0827. The molecule has 0 saturated carbocycles. The van der Waals surface area contributed by atoms with Crippen molar-refractivity contribution < 1.29 is 0 Å². The van der Waals surface area contributed by atoms with Gasteiger partial charge in [-0.2, -0.15) is 5.10 Å². The van der Waals surface area contributed by atoms with Gasteiger partial charge in [0.15, 0.2) is 0 Å². The average molecular weight is 349 g/mol. The molecule has 2 aromatic heterocycles. The van der Waals surface area contributed by atoms with E-state index in [-0.39, 0.29) is 6.04 Å². The van der Waals surface area contributed by atoms with Crippen LogP contribution >= 0.6 is 38.9 Å². The lowest BCUT2D eigenvalue weighted by Gasteiger charge is -2.19. The van der Waals surface area contributed by atoms with E-state index in [1.54, 1.807) is 17.5 Å². The van der Waals surface area contributed by atoms with Gasteiger partial charge >= 0.3 is 0 Å². The lowest BCUT2D eigenvalue weighted by Crippen LogP contribution is -2.25. The summed E-state index contributed by atoms with van der Waals surface area (Å²) in [6.07, 6.45) is 2.77. The second-order valence-corrected chi connectivity index (χ2v) is 6.23. The third-order valence-electron chi connectivity index (χ3n) is 2.72. The van der Waals surface area contributed by atoms with E-state index < -0.39 is 0 Å². The van der Waals surface area contributed by atoms with E-state index in [9.17, 15) is 0 Å². The Hall–Kier alpha value is -0.360. The van der Waals surface area contributed by atoms with Crippen molar-refractivity contribution in [2.45, 2.75) is 19.4 Å². The number of halogens is 2. The van der Waals surface area contributed by atoms with Crippen LogP contribution in [0.25, 0.3) is 0 Å². The number of hydrogen-bond acceptors (Lipinski definition) is 3. The summed E-state index contributed by atoms with van der Waals surface area (Å²) in [5, 5.41) is 10.5. The van der Waals surface area contributed by atoms with Crippen molar-refractivity contribution in [1.82, 2.24) is 15.1 Å². The SMILES string of the molecule is CCCNC(c1sccc1Br)c1c(Cl)cnn1C. The molecule has 0 bridgehead atoms. The molecule has 0 aliphatic heterocycles. The minimum atomic E-state index is 0.0827. The average Bonchev–Trinajstić information content (AvgIpc) is 2.90. The Morgan fingerprint density at radius 1 is 1.61 bits per heavy atom. The minimum Gasteiger partial charge on any atom is -0.304 e. The van der Waals surface area contributed by atoms with Crippen LogP contribution in [0.3, 0.4) is 0 Å². The van der Waals surface area contributed by atoms with Crippen LogP contribution < -0.4 is 5.32 Å². The molecule has 1 unspecified atom stereocenters. The summed E-state index contributed by atoms with van der Waals surface area (Å²) >= 11 is 11.6. The zero-order valence-electron chi connectivity index (χ0n) is 10.3. The van der Waals surface area contributed by atoms with Gasteiger partial charge in [-0.15, -0.1) is 11.3 Å². The molecular weight excluding hydrogens is 334 g/mol. The van der Waals surface area contributed by atoms with Gasteiger partial charge in [-0.3, -0.25) is 4.68 Å².